The Morgan fingerprint density at radius 2 is 1.74 bits per heavy atom. The van der Waals surface area contributed by atoms with Crippen LogP contribution in [0.25, 0.3) is 21.9 Å². The van der Waals surface area contributed by atoms with Gasteiger partial charge in [0, 0.05) is 41.1 Å². The fourth-order valence-corrected chi connectivity index (χ4v) is 5.90. The molecule has 236 valence electrons. The number of anilines is 1. The van der Waals surface area contributed by atoms with E-state index in [0.717, 1.165) is 24.0 Å². The van der Waals surface area contributed by atoms with Crippen LogP contribution in [0.2, 0.25) is 0 Å². The molecule has 7 rings (SSSR count). The van der Waals surface area contributed by atoms with Crippen molar-refractivity contribution in [2.45, 2.75) is 38.1 Å². The van der Waals surface area contributed by atoms with E-state index in [9.17, 15) is 18.0 Å². The van der Waals surface area contributed by atoms with Crippen LogP contribution in [0.4, 0.5) is 24.7 Å². The molecule has 8 nitrogen and oxygen atoms in total. The van der Waals surface area contributed by atoms with Crippen LogP contribution in [0.3, 0.4) is 0 Å². The van der Waals surface area contributed by atoms with Gasteiger partial charge in [-0.2, -0.15) is 23.5 Å². The lowest BCUT2D eigenvalue weighted by molar-refractivity contribution is -0.141. The third-order valence-corrected chi connectivity index (χ3v) is 8.45. The van der Waals surface area contributed by atoms with Gasteiger partial charge in [0.25, 0.3) is 0 Å². The highest BCUT2D eigenvalue weighted by Gasteiger charge is 2.43. The highest BCUT2D eigenvalue weighted by molar-refractivity contribution is 6.15. The van der Waals surface area contributed by atoms with Crippen molar-refractivity contribution < 1.29 is 22.7 Å². The highest BCUT2D eigenvalue weighted by atomic mass is 19.4. The van der Waals surface area contributed by atoms with E-state index in [1.54, 1.807) is 24.4 Å². The van der Waals surface area contributed by atoms with Gasteiger partial charge < -0.3 is 10.1 Å². The van der Waals surface area contributed by atoms with E-state index in [2.05, 4.69) is 21.5 Å². The molecule has 3 atom stereocenters. The van der Waals surface area contributed by atoms with Crippen LogP contribution in [0, 0.1) is 23.2 Å². The molecule has 1 aliphatic carbocycles. The molecule has 1 saturated heterocycles. The van der Waals surface area contributed by atoms with E-state index in [-0.39, 0.29) is 28.8 Å². The minimum absolute atomic E-state index is 0.108. The number of aliphatic imine (C=N–C) groups is 1. The number of fused-ring (bicyclic) bond motifs is 1. The number of nitriles is 1. The summed E-state index contributed by atoms with van der Waals surface area (Å²) in [5, 5.41) is 17.0. The van der Waals surface area contributed by atoms with Gasteiger partial charge in [-0.15, -0.1) is 0 Å². The second-order valence-electron chi connectivity index (χ2n) is 11.7. The lowest BCUT2D eigenvalue weighted by atomic mass is 9.99. The fourth-order valence-electron chi connectivity index (χ4n) is 5.90. The summed E-state index contributed by atoms with van der Waals surface area (Å²) < 4.78 is 50.5. The van der Waals surface area contributed by atoms with Crippen molar-refractivity contribution in [1.29, 1.82) is 5.26 Å². The molecule has 1 N–H and O–H groups in total. The molecule has 3 aromatic carbocycles. The number of benzene rings is 3. The molecule has 2 aliphatic rings. The molecule has 1 aliphatic heterocycles. The van der Waals surface area contributed by atoms with Gasteiger partial charge in [0.15, 0.2) is 5.69 Å². The lowest BCUT2D eigenvalue weighted by Gasteiger charge is -2.22. The van der Waals surface area contributed by atoms with Crippen LogP contribution in [0.15, 0.2) is 96.2 Å². The van der Waals surface area contributed by atoms with E-state index in [1.165, 1.54) is 10.9 Å². The van der Waals surface area contributed by atoms with E-state index in [0.29, 0.717) is 41.6 Å². The Morgan fingerprint density at radius 3 is 2.36 bits per heavy atom. The van der Waals surface area contributed by atoms with Crippen molar-refractivity contribution in [1.82, 2.24) is 14.8 Å². The first kappa shape index (κ1) is 30.3. The Bertz CT molecular complexity index is 1970. The number of carbonyl (C=O) groups excluding carboxylic acids is 1. The van der Waals surface area contributed by atoms with E-state index in [1.807, 2.05) is 60.7 Å². The average molecular weight is 635 g/mol. The van der Waals surface area contributed by atoms with Gasteiger partial charge in [-0.1, -0.05) is 60.7 Å². The maximum Gasteiger partial charge on any atom is 0.435 e. The Hall–Kier alpha value is -5.34. The van der Waals surface area contributed by atoms with Crippen molar-refractivity contribution in [3.05, 3.63) is 108 Å². The standard InChI is InChI=1S/C36H29F3N6O2/c37-36(38,39)34-29(21-45(44-34)32-13-7-8-14-47-32)24-15-25-18-31(43-35(46)27-16-26(27)19-40)41-20-28(25)30(17-24)42-33(22-9-3-1-4-10-22)23-11-5-2-6-12-23/h1-6,9-12,15,17-18,20-21,26-27,32H,7-8,13-14,16H2,(H,41,43,46)/t26-,27+,32?/m0/s1. The maximum atomic E-state index is 14.5. The molecule has 5 aromatic rings. The van der Waals surface area contributed by atoms with E-state index >= 15 is 0 Å². The zero-order chi connectivity index (χ0) is 32.5. The third kappa shape index (κ3) is 6.37. The summed E-state index contributed by atoms with van der Waals surface area (Å²) >= 11 is 0. The van der Waals surface area contributed by atoms with Crippen molar-refractivity contribution in [3.8, 4) is 17.2 Å². The Kier molecular flexibility index (Phi) is 8.03. The molecular weight excluding hydrogens is 605 g/mol. The predicted molar refractivity (Wildman–Crippen MR) is 171 cm³/mol. The van der Waals surface area contributed by atoms with Crippen molar-refractivity contribution in [2.75, 3.05) is 11.9 Å². The van der Waals surface area contributed by atoms with Crippen LogP contribution >= 0.6 is 0 Å². The second kappa shape index (κ2) is 12.5. The molecule has 0 spiro atoms. The number of halogens is 3. The minimum atomic E-state index is -4.73. The van der Waals surface area contributed by atoms with Crippen LogP contribution in [0.5, 0.6) is 0 Å². The van der Waals surface area contributed by atoms with Gasteiger partial charge in [0.2, 0.25) is 5.91 Å². The number of aromatic nitrogens is 3. The number of hydrogen-bond acceptors (Lipinski definition) is 6. The summed E-state index contributed by atoms with van der Waals surface area (Å²) in [5.41, 5.74) is 1.79. The second-order valence-corrected chi connectivity index (χ2v) is 11.7. The van der Waals surface area contributed by atoms with Crippen LogP contribution in [0.1, 0.15) is 48.7 Å². The number of ether oxygens (including phenoxy) is 1. The molecule has 0 bridgehead atoms. The molecule has 1 saturated carbocycles. The molecule has 0 radical (unpaired) electrons. The zero-order valence-corrected chi connectivity index (χ0v) is 25.1. The summed E-state index contributed by atoms with van der Waals surface area (Å²) in [7, 11) is 0. The molecule has 1 unspecified atom stereocenters. The molecule has 11 heteroatoms. The summed E-state index contributed by atoms with van der Waals surface area (Å²) in [6.07, 6.45) is 0.341. The van der Waals surface area contributed by atoms with Crippen molar-refractivity contribution in [2.24, 2.45) is 16.8 Å². The summed E-state index contributed by atoms with van der Waals surface area (Å²) in [6, 6.07) is 26.0. The van der Waals surface area contributed by atoms with Crippen LogP contribution < -0.4 is 5.32 Å². The van der Waals surface area contributed by atoms with Crippen molar-refractivity contribution >= 4 is 33.9 Å². The molecule has 47 heavy (non-hydrogen) atoms. The summed E-state index contributed by atoms with van der Waals surface area (Å²) in [6.45, 7) is 0.454. The first-order valence-electron chi connectivity index (χ1n) is 15.4. The molecular formula is C36H29F3N6O2. The first-order valence-corrected chi connectivity index (χ1v) is 15.4. The number of alkyl halides is 3. The lowest BCUT2D eigenvalue weighted by Crippen LogP contribution is -2.19. The SMILES string of the molecule is N#C[C@@H]1C[C@H]1C(=O)Nc1cc2cc(-c3cn(C4CCCCO4)nc3C(F)(F)F)cc(N=C(c3ccccc3)c3ccccc3)c2cn1. The van der Waals surface area contributed by atoms with E-state index < -0.39 is 24.0 Å². The van der Waals surface area contributed by atoms with Gasteiger partial charge >= 0.3 is 6.18 Å². The number of nitrogens with zero attached hydrogens (tertiary/aromatic N) is 5. The smallest absolute Gasteiger partial charge is 0.357 e. The Labute approximate surface area is 268 Å². The van der Waals surface area contributed by atoms with Gasteiger partial charge in [0.05, 0.1) is 29.3 Å². The van der Waals surface area contributed by atoms with Crippen molar-refractivity contribution in [3.63, 3.8) is 0 Å². The van der Waals surface area contributed by atoms with Crippen LogP contribution in [-0.2, 0) is 15.7 Å². The molecule has 2 fully saturated rings. The monoisotopic (exact) mass is 634 g/mol. The minimum Gasteiger partial charge on any atom is -0.357 e. The number of hydrogen-bond donors (Lipinski definition) is 1. The number of pyridine rings is 1. The fraction of sp³-hybridized carbons (Fsp3) is 0.250. The number of carbonyl (C=O) groups is 1. The van der Waals surface area contributed by atoms with Crippen LogP contribution in [-0.4, -0.2) is 33.0 Å². The van der Waals surface area contributed by atoms with E-state index in [4.69, 9.17) is 15.0 Å². The number of amides is 1. The van der Waals surface area contributed by atoms with Gasteiger partial charge in [-0.05, 0) is 54.8 Å². The van der Waals surface area contributed by atoms with Gasteiger partial charge in [0.1, 0.15) is 12.0 Å². The number of rotatable bonds is 7. The Balaban J connectivity index is 1.41. The van der Waals surface area contributed by atoms with Gasteiger partial charge in [-0.25, -0.2) is 14.7 Å². The zero-order valence-electron chi connectivity index (χ0n) is 25.1. The van der Waals surface area contributed by atoms with Gasteiger partial charge in [-0.3, -0.25) is 4.79 Å². The number of nitrogens with one attached hydrogen (secondary N) is 1. The molecule has 1 amide bonds. The Morgan fingerprint density at radius 1 is 1.02 bits per heavy atom. The third-order valence-electron chi connectivity index (χ3n) is 8.45. The maximum absolute atomic E-state index is 14.5. The first-order chi connectivity index (χ1) is 22.8. The quantitative estimate of drug-likeness (QED) is 0.182. The normalized spacial score (nSPS) is 19.1. The topological polar surface area (TPSA) is 105 Å². The largest absolute Gasteiger partial charge is 0.435 e. The summed E-state index contributed by atoms with van der Waals surface area (Å²) in [5.74, 6) is -0.832. The highest BCUT2D eigenvalue weighted by Crippen LogP contribution is 2.42. The average Bonchev–Trinajstić information content (AvgIpc) is 3.75. The summed E-state index contributed by atoms with van der Waals surface area (Å²) in [4.78, 5) is 22.3. The molecule has 2 aromatic heterocycles. The molecule has 3 heterocycles. The predicted octanol–water partition coefficient (Wildman–Crippen LogP) is 8.08.